The molecule has 7 nitrogen and oxygen atoms in total. The topological polar surface area (TPSA) is 82.9 Å². The van der Waals surface area contributed by atoms with Gasteiger partial charge in [0.15, 0.2) is 5.75 Å². The van der Waals surface area contributed by atoms with E-state index in [4.69, 9.17) is 11.6 Å². The highest BCUT2D eigenvalue weighted by Crippen LogP contribution is 2.32. The van der Waals surface area contributed by atoms with Crippen molar-refractivity contribution in [3.63, 3.8) is 0 Å². The molecule has 4 rings (SSSR count). The van der Waals surface area contributed by atoms with Gasteiger partial charge < -0.3 is 14.9 Å². The second kappa shape index (κ2) is 8.00. The minimum atomic E-state index is -0.732. The lowest BCUT2D eigenvalue weighted by Crippen LogP contribution is -2.44. The summed E-state index contributed by atoms with van der Waals surface area (Å²) in [6.07, 6.45) is 1.72. The van der Waals surface area contributed by atoms with E-state index in [1.54, 1.807) is 11.9 Å². The molecule has 1 aromatic heterocycles. The van der Waals surface area contributed by atoms with Gasteiger partial charge in [-0.05, 0) is 43.9 Å². The number of fused-ring (bicyclic) bond motifs is 3. The number of pyridine rings is 1. The summed E-state index contributed by atoms with van der Waals surface area (Å²) < 4.78 is 14.8. The molecule has 2 aliphatic heterocycles. The molecule has 0 saturated heterocycles. The fourth-order valence-electron chi connectivity index (χ4n) is 4.41. The van der Waals surface area contributed by atoms with Crippen molar-refractivity contribution in [2.75, 3.05) is 20.1 Å². The van der Waals surface area contributed by atoms with Gasteiger partial charge in [0.2, 0.25) is 0 Å². The smallest absolute Gasteiger partial charge is 0.294 e. The Morgan fingerprint density at radius 2 is 1.94 bits per heavy atom. The van der Waals surface area contributed by atoms with Gasteiger partial charge in [0, 0.05) is 38.3 Å². The lowest BCUT2D eigenvalue weighted by molar-refractivity contribution is 0.0715. The molecule has 3 heterocycles. The highest BCUT2D eigenvalue weighted by atomic mass is 35.5. The Labute approximate surface area is 183 Å². The monoisotopic (exact) mass is 447 g/mol. The first-order valence-electron chi connectivity index (χ1n) is 10.2. The molecular formula is C22H23ClFN3O4. The fraction of sp³-hybridized carbons (Fsp3) is 0.409. The third-order valence-corrected chi connectivity index (χ3v) is 6.37. The maximum atomic E-state index is 13.5. The molecule has 2 aromatic rings. The van der Waals surface area contributed by atoms with Crippen LogP contribution < -0.4 is 5.56 Å². The van der Waals surface area contributed by atoms with Crippen LogP contribution in [0.25, 0.3) is 0 Å². The summed E-state index contributed by atoms with van der Waals surface area (Å²) in [5.41, 5.74) is 0.358. The summed E-state index contributed by atoms with van der Waals surface area (Å²) in [6.45, 7) is 2.82. The van der Waals surface area contributed by atoms with Gasteiger partial charge in [-0.3, -0.25) is 19.0 Å². The van der Waals surface area contributed by atoms with Gasteiger partial charge >= 0.3 is 0 Å². The molecule has 2 aliphatic rings. The van der Waals surface area contributed by atoms with E-state index in [0.29, 0.717) is 30.5 Å². The van der Waals surface area contributed by atoms with Gasteiger partial charge in [0.05, 0.1) is 10.6 Å². The minimum absolute atomic E-state index is 0.0487. The number of halogens is 2. The molecule has 0 fully saturated rings. The van der Waals surface area contributed by atoms with Gasteiger partial charge in [0.25, 0.3) is 17.4 Å². The quantitative estimate of drug-likeness (QED) is 0.767. The Morgan fingerprint density at radius 1 is 1.19 bits per heavy atom. The molecule has 2 amide bonds. The van der Waals surface area contributed by atoms with Crippen LogP contribution in [0.2, 0.25) is 5.02 Å². The van der Waals surface area contributed by atoms with Gasteiger partial charge in [-0.1, -0.05) is 17.7 Å². The van der Waals surface area contributed by atoms with Crippen LogP contribution in [0.15, 0.2) is 23.0 Å². The zero-order valence-corrected chi connectivity index (χ0v) is 18.1. The number of hydrogen-bond acceptors (Lipinski definition) is 4. The molecule has 0 bridgehead atoms. The van der Waals surface area contributed by atoms with E-state index in [9.17, 15) is 23.9 Å². The van der Waals surface area contributed by atoms with Gasteiger partial charge in [-0.15, -0.1) is 0 Å². The van der Waals surface area contributed by atoms with Gasteiger partial charge in [-0.25, -0.2) is 4.39 Å². The summed E-state index contributed by atoms with van der Waals surface area (Å²) in [5, 5.41) is 10.6. The first kappa shape index (κ1) is 21.4. The standard InChI is InChI=1S/C22H23ClFN3O4/c1-12-4-3-8-25(2)21(30)18-14-7-9-26(11-13-5-6-16(24)15(23)10-13)20(29)17(14)19(28)22(31)27(12)18/h5-6,10,12,28H,3-4,7-9,11H2,1-2H3. The average molecular weight is 448 g/mol. The van der Waals surface area contributed by atoms with Crippen molar-refractivity contribution in [2.45, 2.75) is 38.8 Å². The molecule has 1 atom stereocenters. The summed E-state index contributed by atoms with van der Waals surface area (Å²) in [7, 11) is 1.67. The van der Waals surface area contributed by atoms with Crippen LogP contribution in [-0.4, -0.2) is 51.4 Å². The molecule has 164 valence electrons. The van der Waals surface area contributed by atoms with Crippen LogP contribution in [0, 0.1) is 5.82 Å². The number of aromatic hydroxyl groups is 1. The Bertz CT molecular complexity index is 1150. The van der Waals surface area contributed by atoms with E-state index in [2.05, 4.69) is 0 Å². The molecule has 1 unspecified atom stereocenters. The Kier molecular flexibility index (Phi) is 5.51. The SMILES string of the molecule is CC1CCCN(C)C(=O)c2c3c(c(O)c(=O)n21)C(=O)N(Cc1ccc(F)c(Cl)c1)CC3. The predicted molar refractivity (Wildman–Crippen MR) is 113 cm³/mol. The number of carbonyl (C=O) groups is 2. The van der Waals surface area contributed by atoms with Gasteiger partial charge in [0.1, 0.15) is 11.5 Å². The van der Waals surface area contributed by atoms with E-state index in [1.165, 1.54) is 27.7 Å². The summed E-state index contributed by atoms with van der Waals surface area (Å²) in [5.74, 6) is -2.05. The van der Waals surface area contributed by atoms with Crippen molar-refractivity contribution >= 4 is 23.4 Å². The number of hydrogen-bond donors (Lipinski definition) is 1. The molecule has 0 aliphatic carbocycles. The molecule has 1 N–H and O–H groups in total. The first-order valence-corrected chi connectivity index (χ1v) is 10.6. The first-order chi connectivity index (χ1) is 14.7. The third-order valence-electron chi connectivity index (χ3n) is 6.08. The highest BCUT2D eigenvalue weighted by molar-refractivity contribution is 6.30. The Balaban J connectivity index is 1.80. The van der Waals surface area contributed by atoms with Crippen LogP contribution in [-0.2, 0) is 13.0 Å². The maximum Gasteiger partial charge on any atom is 0.294 e. The van der Waals surface area contributed by atoms with E-state index in [-0.39, 0.29) is 41.3 Å². The highest BCUT2D eigenvalue weighted by Gasteiger charge is 2.37. The summed E-state index contributed by atoms with van der Waals surface area (Å²) in [6, 6.07) is 3.92. The molecule has 0 saturated carbocycles. The van der Waals surface area contributed by atoms with Crippen molar-refractivity contribution in [2.24, 2.45) is 0 Å². The second-order valence-electron chi connectivity index (χ2n) is 8.17. The summed E-state index contributed by atoms with van der Waals surface area (Å²) >= 11 is 5.84. The summed E-state index contributed by atoms with van der Waals surface area (Å²) in [4.78, 5) is 42.4. The predicted octanol–water partition coefficient (Wildman–Crippen LogP) is 2.97. The Morgan fingerprint density at radius 3 is 2.65 bits per heavy atom. The fourth-order valence-corrected chi connectivity index (χ4v) is 4.61. The van der Waals surface area contributed by atoms with Crippen LogP contribution in [0.3, 0.4) is 0 Å². The normalized spacial score (nSPS) is 19.0. The van der Waals surface area contributed by atoms with Crippen molar-refractivity contribution < 1.29 is 19.1 Å². The molecule has 31 heavy (non-hydrogen) atoms. The number of aromatic nitrogens is 1. The van der Waals surface area contributed by atoms with E-state index >= 15 is 0 Å². The lowest BCUT2D eigenvalue weighted by atomic mass is 9.94. The van der Waals surface area contributed by atoms with Crippen LogP contribution in [0.1, 0.15) is 57.8 Å². The van der Waals surface area contributed by atoms with Crippen LogP contribution in [0.4, 0.5) is 4.39 Å². The van der Waals surface area contributed by atoms with Crippen molar-refractivity contribution in [1.29, 1.82) is 0 Å². The minimum Gasteiger partial charge on any atom is -0.502 e. The molecule has 9 heteroatoms. The third kappa shape index (κ3) is 3.59. The van der Waals surface area contributed by atoms with E-state index in [0.717, 1.165) is 6.42 Å². The van der Waals surface area contributed by atoms with Crippen molar-refractivity contribution in [3.05, 3.63) is 61.8 Å². The van der Waals surface area contributed by atoms with Crippen LogP contribution in [0.5, 0.6) is 5.75 Å². The number of amides is 2. The Hall–Kier alpha value is -2.87. The van der Waals surface area contributed by atoms with E-state index < -0.39 is 23.0 Å². The number of carbonyl (C=O) groups excluding carboxylic acids is 2. The van der Waals surface area contributed by atoms with Crippen molar-refractivity contribution in [1.82, 2.24) is 14.4 Å². The molecular weight excluding hydrogens is 425 g/mol. The maximum absolute atomic E-state index is 13.5. The van der Waals surface area contributed by atoms with Crippen LogP contribution >= 0.6 is 11.6 Å². The molecule has 0 radical (unpaired) electrons. The molecule has 0 spiro atoms. The van der Waals surface area contributed by atoms with Gasteiger partial charge in [-0.2, -0.15) is 0 Å². The number of nitrogens with zero attached hydrogens (tertiary/aromatic N) is 3. The number of rotatable bonds is 2. The zero-order chi connectivity index (χ0) is 22.4. The zero-order valence-electron chi connectivity index (χ0n) is 17.3. The average Bonchev–Trinajstić information content (AvgIpc) is 2.73. The van der Waals surface area contributed by atoms with Crippen molar-refractivity contribution in [3.8, 4) is 5.75 Å². The molecule has 1 aromatic carbocycles. The lowest BCUT2D eigenvalue weighted by Gasteiger charge is -2.34. The van der Waals surface area contributed by atoms with E-state index in [1.807, 2.05) is 6.92 Å². The number of benzene rings is 1. The largest absolute Gasteiger partial charge is 0.502 e. The second-order valence-corrected chi connectivity index (χ2v) is 8.58.